The number of carboxylic acid groups (broad SMARTS) is 1. The van der Waals surface area contributed by atoms with Gasteiger partial charge in [0.25, 0.3) is 0 Å². The smallest absolute Gasteiger partial charge is 0.354 e. The van der Waals surface area contributed by atoms with Crippen LogP contribution in [0, 0.1) is 0 Å². The number of carboxylic acids is 1. The second-order valence-corrected chi connectivity index (χ2v) is 32.2. The fourth-order valence-corrected chi connectivity index (χ4v) is 15.7. The lowest BCUT2D eigenvalue weighted by Crippen LogP contribution is -1.99. The second kappa shape index (κ2) is 70.3. The molecule has 1 aromatic carbocycles. The highest BCUT2D eigenvalue weighted by atomic mass is 31.2. The third-order valence-electron chi connectivity index (χ3n) is 19.2. The summed E-state index contributed by atoms with van der Waals surface area (Å²) in [5.41, 5.74) is 1.17. The molecular weight excluding hydrogens is 1190 g/mol. The minimum absolute atomic E-state index is 0.0767. The van der Waals surface area contributed by atoms with Gasteiger partial charge in [0.1, 0.15) is 0 Å². The van der Waals surface area contributed by atoms with E-state index in [4.69, 9.17) is 18.1 Å². The van der Waals surface area contributed by atoms with Crippen molar-refractivity contribution in [3.05, 3.63) is 46.5 Å². The van der Waals surface area contributed by atoms with E-state index < -0.39 is 21.2 Å². The predicted octanol–water partition coefficient (Wildman–Crippen LogP) is 30.8. The van der Waals surface area contributed by atoms with Crippen molar-refractivity contribution in [2.75, 3.05) is 26.4 Å². The highest BCUT2D eigenvalue weighted by molar-refractivity contribution is 7.57. The van der Waals surface area contributed by atoms with Crippen LogP contribution in [-0.4, -0.2) is 37.5 Å². The summed E-state index contributed by atoms with van der Waals surface area (Å²) in [7, 11) is -7.33. The maximum absolute atomic E-state index is 14.5. The van der Waals surface area contributed by atoms with E-state index in [-0.39, 0.29) is 5.56 Å². The molecule has 0 aromatic heterocycles. The van der Waals surface area contributed by atoms with Gasteiger partial charge in [0.2, 0.25) is 0 Å². The maximum Gasteiger partial charge on any atom is 0.354 e. The summed E-state index contributed by atoms with van der Waals surface area (Å²) in [6.45, 7) is 10.5. The molecule has 0 unspecified atom stereocenters. The average Bonchev–Trinajstić information content (AvgIpc) is 3.19. The van der Waals surface area contributed by atoms with Gasteiger partial charge in [-0.3, -0.25) is 9.13 Å². The fraction of sp³-hybridized carbons (Fsp3) is 0.867. The average molecular weight is 1340 g/mol. The number of benzene rings is 1. The summed E-state index contributed by atoms with van der Waals surface area (Å²) >= 11 is 0. The first-order chi connectivity index (χ1) is 45.7. The van der Waals surface area contributed by atoms with Crippen LogP contribution in [0.1, 0.15) is 460 Å². The molecule has 93 heavy (non-hydrogen) atoms. The molecule has 10 heteroatoms. The Morgan fingerprint density at radius 3 is 0.570 bits per heavy atom. The van der Waals surface area contributed by atoms with E-state index in [1.54, 1.807) is 24.3 Å². The van der Waals surface area contributed by atoms with Crippen molar-refractivity contribution in [1.82, 2.24) is 0 Å². The third-order valence-corrected chi connectivity index (χ3v) is 22.4. The SMILES string of the molecule is CCCCCCCCCCCCCCCCCCOP(=O)(C=Cc1cc(C=CP(=O)(OCCCCCCCCCCCCCCCCCC)OCCCCCCCCCCCCCCCCCC)cc(C(=O)O)c1)OCCCCCCCCCCCCCCCCCC. The Balaban J connectivity index is 2.94. The molecule has 0 radical (unpaired) electrons. The molecule has 0 heterocycles. The van der Waals surface area contributed by atoms with Gasteiger partial charge in [-0.1, -0.05) is 413 Å². The normalized spacial score (nSPS) is 12.3. The Kier molecular flexibility index (Phi) is 67.7. The lowest BCUT2D eigenvalue weighted by molar-refractivity contribution is 0.0696. The number of carbonyl (C=O) groups is 1. The van der Waals surface area contributed by atoms with Crippen LogP contribution in [0.4, 0.5) is 0 Å². The molecule has 0 fully saturated rings. The van der Waals surface area contributed by atoms with E-state index >= 15 is 0 Å². The lowest BCUT2D eigenvalue weighted by Gasteiger charge is -2.16. The lowest BCUT2D eigenvalue weighted by atomic mass is 10.0. The summed E-state index contributed by atoms with van der Waals surface area (Å²) < 4.78 is 53.7. The Morgan fingerprint density at radius 1 is 0.269 bits per heavy atom. The largest absolute Gasteiger partial charge is 0.478 e. The summed E-state index contributed by atoms with van der Waals surface area (Å²) in [6.07, 6.45) is 85.4. The first-order valence-corrected chi connectivity index (χ1v) is 44.5. The molecule has 0 bridgehead atoms. The number of unbranched alkanes of at least 4 members (excludes halogenated alkanes) is 60. The van der Waals surface area contributed by atoms with Gasteiger partial charge >= 0.3 is 21.2 Å². The van der Waals surface area contributed by atoms with Gasteiger partial charge in [-0.15, -0.1) is 0 Å². The molecule has 8 nitrogen and oxygen atoms in total. The predicted molar refractivity (Wildman–Crippen MR) is 409 cm³/mol. The molecule has 0 saturated heterocycles. The van der Waals surface area contributed by atoms with E-state index in [0.717, 1.165) is 77.0 Å². The standard InChI is InChI=1S/C83H156O8P2/c1-5-9-13-17-21-25-29-33-37-41-45-49-53-57-61-65-71-88-92(86,89-72-66-62-58-54-50-46-42-38-34-30-26-22-18-14-10-6-2)75-69-80-77-81(79-82(78-80)83(84)85)70-76-93(87,90-73-67-63-59-55-51-47-43-39-35-31-27-23-19-15-11-7-3)91-74-68-64-60-56-52-48-44-40-36-32-28-24-20-16-12-8-4/h69-70,75-79H,5-68,71-74H2,1-4H3,(H,84,85). The first kappa shape index (κ1) is 89.5. The highest BCUT2D eigenvalue weighted by Crippen LogP contribution is 2.52. The van der Waals surface area contributed by atoms with Gasteiger partial charge in [0, 0.05) is 11.6 Å². The van der Waals surface area contributed by atoms with E-state index in [0.29, 0.717) is 37.6 Å². The second-order valence-electron chi connectivity index (χ2n) is 28.5. The highest BCUT2D eigenvalue weighted by Gasteiger charge is 2.23. The summed E-state index contributed by atoms with van der Waals surface area (Å²) in [4.78, 5) is 12.6. The zero-order chi connectivity index (χ0) is 67.2. The summed E-state index contributed by atoms with van der Waals surface area (Å²) in [5.74, 6) is 1.96. The van der Waals surface area contributed by atoms with E-state index in [9.17, 15) is 19.0 Å². The van der Waals surface area contributed by atoms with Crippen molar-refractivity contribution in [2.24, 2.45) is 0 Å². The molecule has 0 amide bonds. The molecule has 1 aromatic rings. The molecule has 0 aliphatic heterocycles. The van der Waals surface area contributed by atoms with E-state index in [2.05, 4.69) is 27.7 Å². The quantitative estimate of drug-likeness (QED) is 0.0508. The van der Waals surface area contributed by atoms with Gasteiger partial charge in [0.05, 0.1) is 32.0 Å². The molecule has 0 saturated carbocycles. The van der Waals surface area contributed by atoms with Crippen LogP contribution in [0.2, 0.25) is 0 Å². The van der Waals surface area contributed by atoms with Gasteiger partial charge in [0.15, 0.2) is 0 Å². The van der Waals surface area contributed by atoms with Crippen molar-refractivity contribution in [2.45, 2.75) is 439 Å². The Morgan fingerprint density at radius 2 is 0.419 bits per heavy atom. The van der Waals surface area contributed by atoms with Crippen molar-refractivity contribution in [1.29, 1.82) is 0 Å². The van der Waals surface area contributed by atoms with E-state index in [1.807, 2.05) is 6.07 Å². The molecule has 1 rings (SSSR count). The Hall–Kier alpha value is -1.53. The van der Waals surface area contributed by atoms with Crippen LogP contribution < -0.4 is 0 Å². The molecule has 0 atom stereocenters. The molecule has 0 spiro atoms. The number of hydrogen-bond donors (Lipinski definition) is 1. The summed E-state index contributed by atoms with van der Waals surface area (Å²) in [5, 5.41) is 10.3. The molecule has 0 aliphatic carbocycles. The van der Waals surface area contributed by atoms with Crippen LogP contribution in [0.15, 0.2) is 29.8 Å². The third kappa shape index (κ3) is 62.5. The van der Waals surface area contributed by atoms with E-state index in [1.165, 1.54) is 346 Å². The topological polar surface area (TPSA) is 108 Å². The maximum atomic E-state index is 14.5. The van der Waals surface area contributed by atoms with Crippen LogP contribution in [-0.2, 0) is 27.2 Å². The zero-order valence-electron chi connectivity index (χ0n) is 62.3. The summed E-state index contributed by atoms with van der Waals surface area (Å²) in [6, 6.07) is 4.98. The van der Waals surface area contributed by atoms with Crippen molar-refractivity contribution < 1.29 is 37.1 Å². The molecule has 1 N–H and O–H groups in total. The molecule has 546 valence electrons. The molecular formula is C83H156O8P2. The minimum atomic E-state index is -3.67. The monoisotopic (exact) mass is 1340 g/mol. The zero-order valence-corrected chi connectivity index (χ0v) is 64.1. The number of rotatable bonds is 77. The van der Waals surface area contributed by atoms with Crippen molar-refractivity contribution in [3.63, 3.8) is 0 Å². The van der Waals surface area contributed by atoms with Gasteiger partial charge in [-0.25, -0.2) is 4.79 Å². The Labute approximate surface area is 578 Å². The van der Waals surface area contributed by atoms with Crippen LogP contribution in [0.25, 0.3) is 12.2 Å². The van der Waals surface area contributed by atoms with Crippen molar-refractivity contribution in [3.8, 4) is 0 Å². The minimum Gasteiger partial charge on any atom is -0.478 e. The van der Waals surface area contributed by atoms with Crippen molar-refractivity contribution >= 4 is 33.3 Å². The molecule has 0 aliphatic rings. The fourth-order valence-electron chi connectivity index (χ4n) is 13.0. The number of aromatic carboxylic acids is 1. The number of hydrogen-bond acceptors (Lipinski definition) is 7. The Bertz CT molecular complexity index is 1680. The van der Waals surface area contributed by atoms with Crippen LogP contribution >= 0.6 is 15.2 Å². The van der Waals surface area contributed by atoms with Gasteiger partial charge in [-0.05, 0) is 67.2 Å². The van der Waals surface area contributed by atoms with Crippen LogP contribution in [0.3, 0.4) is 0 Å². The van der Waals surface area contributed by atoms with Gasteiger partial charge in [-0.2, -0.15) is 0 Å². The first-order valence-electron chi connectivity index (χ1n) is 41.2. The van der Waals surface area contributed by atoms with Crippen LogP contribution in [0.5, 0.6) is 0 Å². The van der Waals surface area contributed by atoms with Gasteiger partial charge < -0.3 is 23.2 Å².